The molecule has 91 heavy (non-hydrogen) atoms. The van der Waals surface area contributed by atoms with E-state index >= 15 is 9.59 Å². The number of nitrogens with zero attached hydrogens (tertiary/aromatic N) is 1. The minimum atomic E-state index is -2.53. The van der Waals surface area contributed by atoms with Crippen molar-refractivity contribution in [2.45, 2.75) is 216 Å². The number of aliphatic hydroxyl groups excluding tert-OH is 1. The number of amides is 2. The smallest absolute Gasteiger partial charge is 0.350 e. The fourth-order valence-electron chi connectivity index (χ4n) is 13.6. The highest BCUT2D eigenvalue weighted by Crippen LogP contribution is 2.64. The molecule has 0 spiro atoms. The third-order valence-electron chi connectivity index (χ3n) is 18.8. The molecule has 2 bridgehead atoms. The maximum atomic E-state index is 15.9. The summed E-state index contributed by atoms with van der Waals surface area (Å²) >= 11 is 8.25. The number of ether oxygens (including phenoxy) is 6. The molecule has 3 aromatic carbocycles. The molecule has 1 aliphatic heterocycles. The number of thiocarbonyl (C=S) groups is 1. The standard InChI is InChI=1S/C69H87N3O16S3/c1-10-11-12-13-14-15-16-17-18-28-37-90-64(89)91-49(60(70)78)40-66(7,71-9)36-35-52(76)86-56(54(45-29-22-19-23-30-45)72-61(79)46-31-24-20-25-32-46)63(81)85-48-39-69(82)59(87-62(80)47-33-26-21-27-34-47)57-67(8,50(75)38-51-68(57,41-83-51)88-44(4)74)58(77)55(84-43(3)73)53(42(48)2)65(69,5)6/h19-27,29-34,48-51,54-57,59,75,82H,10-18,28,35-41H2,1-8H3,(H2,70,78)(H,72,79)/t48-,49?,50+,51-,54-,55-,56+,57-,59-,66?,67-,68+,69-/m1/s1. The van der Waals surface area contributed by atoms with E-state index in [0.717, 1.165) is 50.6 Å². The minimum absolute atomic E-state index is 0.0208. The lowest BCUT2D eigenvalue weighted by molar-refractivity contribution is -0.346. The normalized spacial score (nSPS) is 26.3. The van der Waals surface area contributed by atoms with E-state index in [-0.39, 0.29) is 53.7 Å². The Morgan fingerprint density at radius 1 is 0.846 bits per heavy atom. The van der Waals surface area contributed by atoms with Crippen molar-refractivity contribution < 1.29 is 77.0 Å². The highest BCUT2D eigenvalue weighted by Gasteiger charge is 2.78. The van der Waals surface area contributed by atoms with Crippen molar-refractivity contribution >= 4 is 86.7 Å². The monoisotopic (exact) mass is 1310 g/mol. The summed E-state index contributed by atoms with van der Waals surface area (Å²) < 4.78 is 37.9. The number of hydrogen-bond acceptors (Lipinski definition) is 19. The molecule has 19 nitrogen and oxygen atoms in total. The van der Waals surface area contributed by atoms with Crippen molar-refractivity contribution in [3.05, 3.63) is 130 Å². The van der Waals surface area contributed by atoms with Crippen molar-refractivity contribution in [2.75, 3.05) is 12.4 Å². The summed E-state index contributed by atoms with van der Waals surface area (Å²) in [6, 6.07) is 22.4. The van der Waals surface area contributed by atoms with E-state index in [1.807, 2.05) is 0 Å². The molecule has 2 unspecified atom stereocenters. The van der Waals surface area contributed by atoms with Crippen LogP contribution in [0.2, 0.25) is 0 Å². The Bertz CT molecular complexity index is 3200. The molecule has 1 heterocycles. The number of thioether (sulfide) groups is 2. The molecule has 2 amide bonds. The van der Waals surface area contributed by atoms with Gasteiger partial charge >= 0.3 is 29.8 Å². The largest absolute Gasteiger partial charge is 0.455 e. The van der Waals surface area contributed by atoms with Gasteiger partial charge in [-0.25, -0.2) is 16.2 Å². The van der Waals surface area contributed by atoms with Crippen LogP contribution in [0.4, 0.5) is 0 Å². The van der Waals surface area contributed by atoms with Crippen LogP contribution in [0.1, 0.15) is 184 Å². The van der Waals surface area contributed by atoms with Crippen molar-refractivity contribution in [3.63, 3.8) is 0 Å². The lowest BCUT2D eigenvalue weighted by atomic mass is 9.44. The van der Waals surface area contributed by atoms with Crippen molar-refractivity contribution in [2.24, 2.45) is 22.5 Å². The summed E-state index contributed by atoms with van der Waals surface area (Å²) in [6.07, 6.45) is -0.150. The highest BCUT2D eigenvalue weighted by atomic mass is 32.2. The minimum Gasteiger partial charge on any atom is -0.455 e. The summed E-state index contributed by atoms with van der Waals surface area (Å²) in [6.45, 7) is 19.9. The molecule has 3 fully saturated rings. The number of benzene rings is 3. The Kier molecular flexibility index (Phi) is 24.9. The van der Waals surface area contributed by atoms with Crippen LogP contribution in [-0.4, -0.2) is 132 Å². The predicted octanol–water partition coefficient (Wildman–Crippen LogP) is 10.7. The molecular formula is C69H87N3O16S3. The second-order valence-corrected chi connectivity index (χ2v) is 28.9. The number of hydrogen-bond donors (Lipinski definition) is 4. The number of ketones is 1. The maximum absolute atomic E-state index is 15.9. The van der Waals surface area contributed by atoms with Gasteiger partial charge in [0, 0.05) is 57.4 Å². The summed E-state index contributed by atoms with van der Waals surface area (Å²) in [5.74, 6) is -8.24. The van der Waals surface area contributed by atoms with E-state index in [9.17, 15) is 39.0 Å². The summed E-state index contributed by atoms with van der Waals surface area (Å²) in [7, 11) is 0. The number of esters is 5. The van der Waals surface area contributed by atoms with Crippen LogP contribution in [-0.2, 0) is 57.2 Å². The molecule has 0 aromatic heterocycles. The van der Waals surface area contributed by atoms with Crippen LogP contribution in [0.3, 0.4) is 0 Å². The van der Waals surface area contributed by atoms with E-state index in [4.69, 9.17) is 52.9 Å². The van der Waals surface area contributed by atoms with Crippen molar-refractivity contribution in [1.82, 2.24) is 5.32 Å². The van der Waals surface area contributed by atoms with Crippen molar-refractivity contribution in [1.29, 1.82) is 0 Å². The SMILES string of the molecule is [C-]#[N+]C(C)(CCC(=O)O[C@H](C(=O)O[C@@H]1C[C@@]2(O)[C@H](OC(=O)c3ccccc3)[C@H]3[C@]4(OC(C)=O)CO[C@@H]4C[C@H](O)[C@@]3(C)C(=O)[C@H](OC(C)=O)C(=C1C)C2(C)C)[C@H](NC(=O)c1ccccc1)c1ccccc1)CC(SC(=S)SCCCCCCCCCCCC)C(N)=O. The van der Waals surface area contributed by atoms with Gasteiger partial charge in [-0.05, 0) is 67.0 Å². The van der Waals surface area contributed by atoms with E-state index in [1.54, 1.807) is 73.7 Å². The summed E-state index contributed by atoms with van der Waals surface area (Å²) in [4.78, 5) is 119. The lowest BCUT2D eigenvalue weighted by Crippen LogP contribution is -2.82. The summed E-state index contributed by atoms with van der Waals surface area (Å²) in [5, 5.41) is 28.4. The molecule has 13 atom stereocenters. The molecule has 5 N–H and O–H groups in total. The van der Waals surface area contributed by atoms with Gasteiger partial charge in [0.05, 0.1) is 41.3 Å². The van der Waals surface area contributed by atoms with Crippen LogP contribution >= 0.6 is 35.7 Å². The Balaban J connectivity index is 1.24. The Labute approximate surface area is 547 Å². The molecular weight excluding hydrogens is 1220 g/mol. The Morgan fingerprint density at radius 3 is 1.98 bits per heavy atom. The number of aliphatic hydroxyl groups is 2. The zero-order chi connectivity index (χ0) is 66.5. The van der Waals surface area contributed by atoms with E-state index in [2.05, 4.69) is 17.1 Å². The first-order valence-corrected chi connectivity index (χ1v) is 33.7. The Morgan fingerprint density at radius 2 is 1.43 bits per heavy atom. The number of Topliss-reactive ketones (excluding diaryl/α,β-unsaturated/α-hetero) is 1. The van der Waals surface area contributed by atoms with Gasteiger partial charge in [-0.2, -0.15) is 0 Å². The van der Waals surface area contributed by atoms with Gasteiger partial charge in [0.15, 0.2) is 17.5 Å². The zero-order valence-corrected chi connectivity index (χ0v) is 55.7. The van der Waals surface area contributed by atoms with Gasteiger partial charge in [-0.15, -0.1) is 11.8 Å². The number of carbonyl (C=O) groups excluding carboxylic acids is 8. The number of nitrogens with two attached hydrogens (primary N) is 1. The van der Waals surface area contributed by atoms with Gasteiger partial charge in [0.1, 0.15) is 33.5 Å². The molecule has 1 saturated heterocycles. The second kappa shape index (κ2) is 31.4. The fourth-order valence-corrected chi connectivity index (χ4v) is 16.3. The van der Waals surface area contributed by atoms with Crippen LogP contribution < -0.4 is 11.1 Å². The number of unbranched alkanes of at least 4 members (excludes halogenated alkanes) is 9. The van der Waals surface area contributed by atoms with Crippen LogP contribution in [0.25, 0.3) is 4.85 Å². The predicted molar refractivity (Wildman–Crippen MR) is 348 cm³/mol. The summed E-state index contributed by atoms with van der Waals surface area (Å²) in [5.41, 5.74) is -3.30. The van der Waals surface area contributed by atoms with Gasteiger partial charge in [-0.3, -0.25) is 28.8 Å². The van der Waals surface area contributed by atoms with Crippen LogP contribution in [0, 0.1) is 23.3 Å². The quantitative estimate of drug-likeness (QED) is 0.0126. The third-order valence-corrected chi connectivity index (χ3v) is 21.6. The molecule has 7 rings (SSSR count). The molecule has 22 heteroatoms. The first-order valence-electron chi connectivity index (χ1n) is 31.4. The van der Waals surface area contributed by atoms with Gasteiger partial charge < -0.3 is 54.5 Å². The topological polar surface area (TPSA) is 275 Å². The van der Waals surface area contributed by atoms with Crippen LogP contribution in [0.15, 0.2) is 102 Å². The number of primary amides is 1. The molecule has 0 radical (unpaired) electrons. The average molecular weight is 1310 g/mol. The highest BCUT2D eigenvalue weighted by molar-refractivity contribution is 8.47. The molecule has 2 saturated carbocycles. The van der Waals surface area contributed by atoms with E-state index in [0.29, 0.717) is 3.53 Å². The average Bonchev–Trinajstić information content (AvgIpc) is 0.671. The van der Waals surface area contributed by atoms with Gasteiger partial charge in [-0.1, -0.05) is 169 Å². The maximum Gasteiger partial charge on any atom is 0.350 e. The zero-order valence-electron chi connectivity index (χ0n) is 53.2. The number of rotatable bonds is 29. The van der Waals surface area contributed by atoms with Gasteiger partial charge in [0.2, 0.25) is 17.6 Å². The van der Waals surface area contributed by atoms with Crippen molar-refractivity contribution in [3.8, 4) is 0 Å². The molecule has 3 aromatic rings. The molecule has 492 valence electrons. The number of fused-ring (bicyclic) bond motifs is 5. The van der Waals surface area contributed by atoms with E-state index < -0.39 is 142 Å². The van der Waals surface area contributed by atoms with Gasteiger partial charge in [0.25, 0.3) is 5.91 Å². The Hall–Kier alpha value is -6.48. The second-order valence-electron chi connectivity index (χ2n) is 25.4. The number of carbonyl (C=O) groups is 8. The number of nitrogens with one attached hydrogen (secondary N) is 1. The lowest BCUT2D eigenvalue weighted by Gasteiger charge is -2.67. The van der Waals surface area contributed by atoms with E-state index in [1.165, 1.54) is 109 Å². The first kappa shape index (κ1) is 72.0. The fraction of sp³-hybridized carbons (Fsp3) is 0.565. The third kappa shape index (κ3) is 16.5. The first-order chi connectivity index (χ1) is 43.2. The molecule has 3 aliphatic carbocycles. The molecule has 4 aliphatic rings. The van der Waals surface area contributed by atoms with Crippen LogP contribution in [0.5, 0.6) is 0 Å².